The summed E-state index contributed by atoms with van der Waals surface area (Å²) >= 11 is 5.51. The fourth-order valence-electron chi connectivity index (χ4n) is 3.01. The van der Waals surface area contributed by atoms with E-state index in [9.17, 15) is 0 Å². The van der Waals surface area contributed by atoms with E-state index in [0.29, 0.717) is 10.9 Å². The van der Waals surface area contributed by atoms with E-state index in [2.05, 4.69) is 50.3 Å². The smallest absolute Gasteiger partial charge is 0.137 e. The molecule has 0 amide bonds. The van der Waals surface area contributed by atoms with E-state index in [1.54, 1.807) is 11.3 Å². The molecule has 0 saturated carbocycles. The molecule has 1 fully saturated rings. The van der Waals surface area contributed by atoms with Gasteiger partial charge in [-0.25, -0.2) is 4.98 Å². The number of hydrogen-bond acceptors (Lipinski definition) is 3. The number of pyridine rings is 1. The van der Waals surface area contributed by atoms with E-state index >= 15 is 0 Å². The second-order valence-corrected chi connectivity index (χ2v) is 7.84. The van der Waals surface area contributed by atoms with Crippen molar-refractivity contribution in [2.75, 3.05) is 11.4 Å². The molecule has 3 rings (SSSR count). The zero-order chi connectivity index (χ0) is 13.2. The molecule has 1 aliphatic rings. The maximum Gasteiger partial charge on any atom is 0.137 e. The molecule has 2 atom stereocenters. The van der Waals surface area contributed by atoms with Crippen LogP contribution < -0.4 is 4.90 Å². The predicted molar refractivity (Wildman–Crippen MR) is 87.6 cm³/mol. The average Bonchev–Trinajstić information content (AvgIpc) is 2.87. The van der Waals surface area contributed by atoms with Crippen LogP contribution in [0.5, 0.6) is 0 Å². The Morgan fingerprint density at radius 2 is 2.37 bits per heavy atom. The third-order valence-electron chi connectivity index (χ3n) is 3.85. The van der Waals surface area contributed by atoms with Gasteiger partial charge in [0.1, 0.15) is 5.82 Å². The molecule has 2 unspecified atom stereocenters. The van der Waals surface area contributed by atoms with Crippen LogP contribution in [0.3, 0.4) is 0 Å². The second-order valence-electron chi connectivity index (χ2n) is 5.33. The third-order valence-corrected chi connectivity index (χ3v) is 5.11. The van der Waals surface area contributed by atoms with Gasteiger partial charge < -0.3 is 4.90 Å². The topological polar surface area (TPSA) is 16.1 Å². The molecule has 1 aliphatic heterocycles. The fourth-order valence-corrected chi connectivity index (χ4v) is 4.22. The molecule has 0 radical (unpaired) electrons. The normalized spacial score (nSPS) is 21.8. The van der Waals surface area contributed by atoms with Gasteiger partial charge >= 0.3 is 0 Å². The number of fused-ring (bicyclic) bond motifs is 1. The summed E-state index contributed by atoms with van der Waals surface area (Å²) < 4.78 is 1.35. The first-order valence-corrected chi connectivity index (χ1v) is 8.78. The van der Waals surface area contributed by atoms with Crippen LogP contribution in [-0.2, 0) is 0 Å². The van der Waals surface area contributed by atoms with Crippen molar-refractivity contribution in [1.29, 1.82) is 0 Å². The minimum Gasteiger partial charge on any atom is -0.353 e. The summed E-state index contributed by atoms with van der Waals surface area (Å²) in [5.41, 5.74) is 0. The Labute approximate surface area is 127 Å². The highest BCUT2D eigenvalue weighted by Gasteiger charge is 2.25. The molecule has 0 spiro atoms. The number of hydrogen-bond donors (Lipinski definition) is 0. The third kappa shape index (κ3) is 2.79. The first-order valence-electron chi connectivity index (χ1n) is 6.98. The maximum atomic E-state index is 4.68. The van der Waals surface area contributed by atoms with Crippen molar-refractivity contribution < 1.29 is 0 Å². The lowest BCUT2D eigenvalue weighted by atomic mass is 9.98. The second kappa shape index (κ2) is 5.80. The summed E-state index contributed by atoms with van der Waals surface area (Å²) in [7, 11) is 0. The molecule has 0 N–H and O–H groups in total. The van der Waals surface area contributed by atoms with Crippen molar-refractivity contribution in [1.82, 2.24) is 4.98 Å². The molecule has 19 heavy (non-hydrogen) atoms. The Kier molecular flexibility index (Phi) is 4.08. The Hall–Kier alpha value is -0.610. The monoisotopic (exact) mass is 338 g/mol. The van der Waals surface area contributed by atoms with Crippen LogP contribution in [0.2, 0.25) is 0 Å². The number of thiophene rings is 1. The number of piperidine rings is 1. The van der Waals surface area contributed by atoms with Gasteiger partial charge in [0.15, 0.2) is 0 Å². The van der Waals surface area contributed by atoms with Crippen LogP contribution in [0.25, 0.3) is 10.1 Å². The minimum absolute atomic E-state index is 0.569. The lowest BCUT2D eigenvalue weighted by Gasteiger charge is -2.37. The standard InChI is InChI=1S/C15H19BrN2S/c1-11(16)10-12-4-2-3-8-18(12)15-13-6-9-19-14(13)5-7-17-15/h5-7,9,11-12H,2-4,8,10H2,1H3. The van der Waals surface area contributed by atoms with Gasteiger partial charge in [-0.1, -0.05) is 22.9 Å². The molecular weight excluding hydrogens is 320 g/mol. The van der Waals surface area contributed by atoms with Gasteiger partial charge in [0.25, 0.3) is 0 Å². The van der Waals surface area contributed by atoms with E-state index in [4.69, 9.17) is 0 Å². The number of alkyl halides is 1. The molecule has 1 saturated heterocycles. The highest BCUT2D eigenvalue weighted by molar-refractivity contribution is 9.09. The van der Waals surface area contributed by atoms with E-state index < -0.39 is 0 Å². The largest absolute Gasteiger partial charge is 0.353 e. The predicted octanol–water partition coefficient (Wildman–Crippen LogP) is 4.83. The van der Waals surface area contributed by atoms with Crippen molar-refractivity contribution >= 4 is 43.2 Å². The van der Waals surface area contributed by atoms with Gasteiger partial charge in [-0.15, -0.1) is 11.3 Å². The summed E-state index contributed by atoms with van der Waals surface area (Å²) in [4.78, 5) is 7.78. The summed E-state index contributed by atoms with van der Waals surface area (Å²) in [6.07, 6.45) is 7.08. The van der Waals surface area contributed by atoms with Gasteiger partial charge in [-0.05, 0) is 43.2 Å². The van der Waals surface area contributed by atoms with E-state index in [0.717, 1.165) is 6.54 Å². The Balaban J connectivity index is 1.95. The Morgan fingerprint density at radius 3 is 3.21 bits per heavy atom. The number of halogens is 1. The zero-order valence-electron chi connectivity index (χ0n) is 11.2. The number of rotatable bonds is 3. The quantitative estimate of drug-likeness (QED) is 0.745. The van der Waals surface area contributed by atoms with Crippen LogP contribution in [-0.4, -0.2) is 22.4 Å². The molecule has 4 heteroatoms. The highest BCUT2D eigenvalue weighted by atomic mass is 79.9. The van der Waals surface area contributed by atoms with Gasteiger partial charge in [0, 0.05) is 33.7 Å². The van der Waals surface area contributed by atoms with Crippen molar-refractivity contribution in [2.45, 2.75) is 43.5 Å². The van der Waals surface area contributed by atoms with E-state index in [1.165, 1.54) is 41.6 Å². The first-order chi connectivity index (χ1) is 9.25. The highest BCUT2D eigenvalue weighted by Crippen LogP contribution is 2.33. The SMILES string of the molecule is CC(Br)CC1CCCCN1c1nccc2sccc12. The maximum absolute atomic E-state index is 4.68. The molecule has 3 heterocycles. The summed E-state index contributed by atoms with van der Waals surface area (Å²) in [6.45, 7) is 3.39. The summed E-state index contributed by atoms with van der Waals surface area (Å²) in [6, 6.07) is 4.96. The van der Waals surface area contributed by atoms with Gasteiger partial charge in [0.05, 0.1) is 0 Å². The molecule has 102 valence electrons. The molecular formula is C15H19BrN2S. The molecule has 2 aromatic rings. The lowest BCUT2D eigenvalue weighted by Crippen LogP contribution is -2.41. The molecule has 2 nitrogen and oxygen atoms in total. The van der Waals surface area contributed by atoms with Crippen LogP contribution in [0.1, 0.15) is 32.6 Å². The molecule has 2 aromatic heterocycles. The van der Waals surface area contributed by atoms with Gasteiger partial charge in [0.2, 0.25) is 0 Å². The van der Waals surface area contributed by atoms with Crippen LogP contribution in [0, 0.1) is 0 Å². The van der Waals surface area contributed by atoms with Crippen molar-refractivity contribution in [2.24, 2.45) is 0 Å². The van der Waals surface area contributed by atoms with Gasteiger partial charge in [-0.2, -0.15) is 0 Å². The molecule has 0 aromatic carbocycles. The number of anilines is 1. The van der Waals surface area contributed by atoms with Gasteiger partial charge in [-0.3, -0.25) is 0 Å². The average molecular weight is 339 g/mol. The summed E-state index contributed by atoms with van der Waals surface area (Å²) in [5.74, 6) is 1.19. The minimum atomic E-state index is 0.569. The number of nitrogens with zero attached hydrogens (tertiary/aromatic N) is 2. The number of aromatic nitrogens is 1. The van der Waals surface area contributed by atoms with Crippen molar-refractivity contribution in [3.05, 3.63) is 23.7 Å². The van der Waals surface area contributed by atoms with Crippen LogP contribution >= 0.6 is 27.3 Å². The molecule has 0 bridgehead atoms. The Bertz CT molecular complexity index is 552. The lowest BCUT2D eigenvalue weighted by molar-refractivity contribution is 0.437. The summed E-state index contributed by atoms with van der Waals surface area (Å²) in [5, 5.41) is 3.49. The van der Waals surface area contributed by atoms with Crippen LogP contribution in [0.4, 0.5) is 5.82 Å². The zero-order valence-corrected chi connectivity index (χ0v) is 13.6. The van der Waals surface area contributed by atoms with Crippen molar-refractivity contribution in [3.63, 3.8) is 0 Å². The van der Waals surface area contributed by atoms with E-state index in [1.807, 2.05) is 6.20 Å². The first kappa shape index (κ1) is 13.4. The van der Waals surface area contributed by atoms with E-state index in [-0.39, 0.29) is 0 Å². The van der Waals surface area contributed by atoms with Crippen LogP contribution in [0.15, 0.2) is 23.7 Å². The Morgan fingerprint density at radius 1 is 1.47 bits per heavy atom. The fraction of sp³-hybridized carbons (Fsp3) is 0.533. The molecule has 0 aliphatic carbocycles. The van der Waals surface area contributed by atoms with Crippen molar-refractivity contribution in [3.8, 4) is 0 Å².